The second kappa shape index (κ2) is 6.16. The second-order valence-electron chi connectivity index (χ2n) is 7.24. The highest BCUT2D eigenvalue weighted by Gasteiger charge is 2.30. The summed E-state index contributed by atoms with van der Waals surface area (Å²) >= 11 is 0. The third kappa shape index (κ3) is 2.94. The van der Waals surface area contributed by atoms with Crippen LogP contribution in [0.2, 0.25) is 0 Å². The molecule has 0 spiro atoms. The van der Waals surface area contributed by atoms with Crippen LogP contribution in [0.1, 0.15) is 42.0 Å². The van der Waals surface area contributed by atoms with Crippen LogP contribution in [0.15, 0.2) is 47.5 Å². The van der Waals surface area contributed by atoms with Crippen molar-refractivity contribution in [3.05, 3.63) is 59.2 Å². The van der Waals surface area contributed by atoms with Gasteiger partial charge in [-0.3, -0.25) is 4.79 Å². The number of rotatable bonds is 3. The first-order valence-electron chi connectivity index (χ1n) is 9.25. The van der Waals surface area contributed by atoms with E-state index in [1.54, 1.807) is 0 Å². The lowest BCUT2D eigenvalue weighted by Gasteiger charge is -2.22. The Balaban J connectivity index is 1.32. The highest BCUT2D eigenvalue weighted by Crippen LogP contribution is 2.35. The van der Waals surface area contributed by atoms with Crippen LogP contribution in [0.3, 0.4) is 0 Å². The van der Waals surface area contributed by atoms with Gasteiger partial charge in [0.05, 0.1) is 6.04 Å². The SMILES string of the molecule is O=C(Nc1ccc2c(c1)COC(=N[C@@H]1CCc3ccccc31)N2)C1CC1. The van der Waals surface area contributed by atoms with Crippen molar-refractivity contribution in [3.8, 4) is 0 Å². The molecule has 1 heterocycles. The lowest BCUT2D eigenvalue weighted by molar-refractivity contribution is -0.117. The Morgan fingerprint density at radius 2 is 2.00 bits per heavy atom. The quantitative estimate of drug-likeness (QED) is 0.881. The Morgan fingerprint density at radius 1 is 1.12 bits per heavy atom. The van der Waals surface area contributed by atoms with Crippen molar-refractivity contribution in [2.75, 3.05) is 10.6 Å². The van der Waals surface area contributed by atoms with Crippen molar-refractivity contribution in [1.29, 1.82) is 0 Å². The summed E-state index contributed by atoms with van der Waals surface area (Å²) in [5.41, 5.74) is 5.54. The Morgan fingerprint density at radius 3 is 2.88 bits per heavy atom. The van der Waals surface area contributed by atoms with Crippen LogP contribution in [0.25, 0.3) is 0 Å². The van der Waals surface area contributed by atoms with E-state index in [0.717, 1.165) is 42.6 Å². The van der Waals surface area contributed by atoms with E-state index in [1.165, 1.54) is 11.1 Å². The number of benzene rings is 2. The number of amides is 1. The zero-order valence-corrected chi connectivity index (χ0v) is 14.5. The summed E-state index contributed by atoms with van der Waals surface area (Å²) in [6.45, 7) is 0.461. The smallest absolute Gasteiger partial charge is 0.290 e. The molecule has 2 aromatic rings. The van der Waals surface area contributed by atoms with Crippen molar-refractivity contribution in [2.24, 2.45) is 10.9 Å². The summed E-state index contributed by atoms with van der Waals surface area (Å²) < 4.78 is 5.83. The van der Waals surface area contributed by atoms with Crippen molar-refractivity contribution >= 4 is 23.3 Å². The summed E-state index contributed by atoms with van der Waals surface area (Å²) in [5.74, 6) is 0.324. The van der Waals surface area contributed by atoms with Gasteiger partial charge in [0, 0.05) is 22.9 Å². The largest absolute Gasteiger partial charge is 0.460 e. The average Bonchev–Trinajstić information content (AvgIpc) is 3.44. The maximum absolute atomic E-state index is 11.9. The normalized spacial score (nSPS) is 22.2. The molecule has 1 amide bonds. The van der Waals surface area contributed by atoms with Crippen LogP contribution in [-0.2, 0) is 22.6 Å². The Kier molecular flexibility index (Phi) is 3.66. The summed E-state index contributed by atoms with van der Waals surface area (Å²) in [4.78, 5) is 16.7. The highest BCUT2D eigenvalue weighted by molar-refractivity contribution is 5.96. The van der Waals surface area contributed by atoms with Crippen LogP contribution in [0.4, 0.5) is 11.4 Å². The standard InChI is InChI=1S/C21H21N3O2/c25-20(14-5-6-14)22-16-8-10-18-15(11-16)12-26-21(23-18)24-19-9-7-13-3-1-2-4-17(13)19/h1-4,8,10-11,14,19H,5-7,9,12H2,(H,22,25)(H,23,24)/t19-/m1/s1. The Bertz CT molecular complexity index is 902. The number of ether oxygens (including phenoxy) is 1. The van der Waals surface area contributed by atoms with Crippen LogP contribution < -0.4 is 10.6 Å². The van der Waals surface area contributed by atoms with Crippen LogP contribution >= 0.6 is 0 Å². The van der Waals surface area contributed by atoms with Gasteiger partial charge >= 0.3 is 0 Å². The molecule has 1 saturated carbocycles. The first-order chi connectivity index (χ1) is 12.8. The second-order valence-corrected chi connectivity index (χ2v) is 7.24. The van der Waals surface area contributed by atoms with E-state index < -0.39 is 0 Å². The lowest BCUT2D eigenvalue weighted by Crippen LogP contribution is -2.23. The summed E-state index contributed by atoms with van der Waals surface area (Å²) in [5, 5.41) is 6.27. The van der Waals surface area contributed by atoms with Gasteiger partial charge in [-0.05, 0) is 55.0 Å². The fraction of sp³-hybridized carbons (Fsp3) is 0.333. The fourth-order valence-corrected chi connectivity index (χ4v) is 3.68. The summed E-state index contributed by atoms with van der Waals surface area (Å²) in [6, 6.07) is 15.1. The minimum absolute atomic E-state index is 0.122. The zero-order valence-electron chi connectivity index (χ0n) is 14.5. The molecular formula is C21H21N3O2. The third-order valence-electron chi connectivity index (χ3n) is 5.30. The van der Waals surface area contributed by atoms with Crippen LogP contribution in [0, 0.1) is 5.92 Å². The van der Waals surface area contributed by atoms with E-state index in [9.17, 15) is 4.79 Å². The molecule has 0 saturated heterocycles. The van der Waals surface area contributed by atoms with Crippen LogP contribution in [-0.4, -0.2) is 11.9 Å². The maximum atomic E-state index is 11.9. The molecule has 0 aromatic heterocycles. The number of amidine groups is 1. The monoisotopic (exact) mass is 347 g/mol. The van der Waals surface area contributed by atoms with Gasteiger partial charge in [-0.25, -0.2) is 4.99 Å². The molecule has 1 atom stereocenters. The fourth-order valence-electron chi connectivity index (χ4n) is 3.68. The molecule has 3 aliphatic rings. The van der Waals surface area contributed by atoms with Gasteiger partial charge in [-0.1, -0.05) is 24.3 Å². The number of aliphatic imine (C=N–C) groups is 1. The van der Waals surface area contributed by atoms with Gasteiger partial charge in [-0.2, -0.15) is 0 Å². The highest BCUT2D eigenvalue weighted by atomic mass is 16.5. The molecule has 1 aliphatic heterocycles. The maximum Gasteiger partial charge on any atom is 0.290 e. The molecule has 0 bridgehead atoms. The molecule has 132 valence electrons. The zero-order chi connectivity index (χ0) is 17.5. The minimum atomic E-state index is 0.122. The number of anilines is 2. The molecule has 2 aliphatic carbocycles. The molecule has 0 radical (unpaired) electrons. The first-order valence-corrected chi connectivity index (χ1v) is 9.25. The van der Waals surface area contributed by atoms with E-state index in [1.807, 2.05) is 18.2 Å². The number of nitrogens with zero attached hydrogens (tertiary/aromatic N) is 1. The number of fused-ring (bicyclic) bond motifs is 2. The molecule has 0 unspecified atom stereocenters. The predicted molar refractivity (Wildman–Crippen MR) is 101 cm³/mol. The van der Waals surface area contributed by atoms with E-state index in [2.05, 4.69) is 34.9 Å². The third-order valence-corrected chi connectivity index (χ3v) is 5.30. The molecule has 2 aromatic carbocycles. The molecule has 26 heavy (non-hydrogen) atoms. The van der Waals surface area contributed by atoms with Crippen molar-refractivity contribution in [1.82, 2.24) is 0 Å². The molecular weight excluding hydrogens is 326 g/mol. The number of hydrogen-bond acceptors (Lipinski definition) is 3. The topological polar surface area (TPSA) is 62.7 Å². The Labute approximate surface area is 152 Å². The number of aryl methyl sites for hydroxylation is 1. The number of nitrogens with one attached hydrogen (secondary N) is 2. The van der Waals surface area contributed by atoms with Gasteiger partial charge in [0.1, 0.15) is 6.61 Å². The summed E-state index contributed by atoms with van der Waals surface area (Å²) in [7, 11) is 0. The van der Waals surface area contributed by atoms with Gasteiger partial charge in [0.2, 0.25) is 5.91 Å². The minimum Gasteiger partial charge on any atom is -0.460 e. The number of hydrogen-bond donors (Lipinski definition) is 2. The van der Waals surface area contributed by atoms with Gasteiger partial charge in [-0.15, -0.1) is 0 Å². The Hall–Kier alpha value is -2.82. The van der Waals surface area contributed by atoms with Crippen molar-refractivity contribution in [2.45, 2.75) is 38.3 Å². The number of carbonyl (C=O) groups is 1. The van der Waals surface area contributed by atoms with Crippen LogP contribution in [0.5, 0.6) is 0 Å². The van der Waals surface area contributed by atoms with Crippen molar-refractivity contribution < 1.29 is 9.53 Å². The molecule has 5 nitrogen and oxygen atoms in total. The lowest BCUT2D eigenvalue weighted by atomic mass is 10.1. The number of carbonyl (C=O) groups excluding carboxylic acids is 1. The average molecular weight is 347 g/mol. The van der Waals surface area contributed by atoms with Gasteiger partial charge in [0.25, 0.3) is 6.02 Å². The van der Waals surface area contributed by atoms with E-state index in [0.29, 0.717) is 12.6 Å². The van der Waals surface area contributed by atoms with E-state index in [-0.39, 0.29) is 17.9 Å². The van der Waals surface area contributed by atoms with Gasteiger partial charge < -0.3 is 15.4 Å². The van der Waals surface area contributed by atoms with E-state index >= 15 is 0 Å². The first kappa shape index (κ1) is 15.4. The molecule has 5 heteroatoms. The summed E-state index contributed by atoms with van der Waals surface area (Å²) in [6.07, 6.45) is 4.10. The molecule has 5 rings (SSSR count). The molecule has 1 fully saturated rings. The van der Waals surface area contributed by atoms with E-state index in [4.69, 9.17) is 9.73 Å². The van der Waals surface area contributed by atoms with Crippen molar-refractivity contribution in [3.63, 3.8) is 0 Å². The predicted octanol–water partition coefficient (Wildman–Crippen LogP) is 4.02. The molecule has 2 N–H and O–H groups in total. The van der Waals surface area contributed by atoms with Gasteiger partial charge in [0.15, 0.2) is 0 Å².